The van der Waals surface area contributed by atoms with Crippen LogP contribution in [0.3, 0.4) is 0 Å². The lowest BCUT2D eigenvalue weighted by molar-refractivity contribution is -0.118. The van der Waals surface area contributed by atoms with Crippen LogP contribution in [0.4, 0.5) is 5.69 Å². The van der Waals surface area contributed by atoms with E-state index in [4.69, 9.17) is 0 Å². The number of hydrogen-bond acceptors (Lipinski definition) is 3. The zero-order valence-electron chi connectivity index (χ0n) is 12.2. The molecule has 0 saturated heterocycles. The third-order valence-electron chi connectivity index (χ3n) is 3.73. The Morgan fingerprint density at radius 1 is 1.29 bits per heavy atom. The molecule has 3 nitrogen and oxygen atoms in total. The molecule has 3 rings (SSSR count). The third-order valence-corrected chi connectivity index (χ3v) is 4.77. The molecular formula is C17H18N2OS. The number of aromatic nitrogens is 1. The lowest BCUT2D eigenvalue weighted by Crippen LogP contribution is -2.40. The van der Waals surface area contributed by atoms with Gasteiger partial charge in [-0.25, -0.2) is 4.98 Å². The van der Waals surface area contributed by atoms with Gasteiger partial charge in [-0.3, -0.25) is 4.79 Å². The van der Waals surface area contributed by atoms with Gasteiger partial charge in [0.15, 0.2) is 0 Å². The molecule has 1 aromatic heterocycles. The van der Waals surface area contributed by atoms with Crippen LogP contribution in [-0.4, -0.2) is 22.2 Å². The molecule has 1 aliphatic rings. The molecule has 0 saturated carbocycles. The Labute approximate surface area is 129 Å². The van der Waals surface area contributed by atoms with Crippen molar-refractivity contribution in [2.24, 2.45) is 0 Å². The van der Waals surface area contributed by atoms with E-state index in [0.29, 0.717) is 0 Å². The molecule has 2 atom stereocenters. The van der Waals surface area contributed by atoms with Crippen molar-refractivity contribution in [1.29, 1.82) is 0 Å². The first-order valence-corrected chi connectivity index (χ1v) is 8.03. The van der Waals surface area contributed by atoms with Gasteiger partial charge in [0.2, 0.25) is 5.91 Å². The quantitative estimate of drug-likeness (QED) is 0.813. The first-order valence-electron chi connectivity index (χ1n) is 7.15. The van der Waals surface area contributed by atoms with Crippen LogP contribution in [0.5, 0.6) is 0 Å². The summed E-state index contributed by atoms with van der Waals surface area (Å²) in [6.07, 6.45) is 2.69. The molecule has 4 heteroatoms. The molecule has 2 heterocycles. The van der Waals surface area contributed by atoms with Gasteiger partial charge in [0.1, 0.15) is 0 Å². The van der Waals surface area contributed by atoms with E-state index in [9.17, 15) is 4.79 Å². The summed E-state index contributed by atoms with van der Waals surface area (Å²) in [4.78, 5) is 19.0. The van der Waals surface area contributed by atoms with Crippen LogP contribution in [-0.2, 0) is 11.2 Å². The number of fused-ring (bicyclic) bond motifs is 1. The van der Waals surface area contributed by atoms with Gasteiger partial charge < -0.3 is 4.90 Å². The second kappa shape index (κ2) is 5.90. The average Bonchev–Trinajstić information content (AvgIpc) is 2.83. The molecule has 21 heavy (non-hydrogen) atoms. The van der Waals surface area contributed by atoms with Crippen molar-refractivity contribution in [3.8, 4) is 0 Å². The van der Waals surface area contributed by atoms with Crippen molar-refractivity contribution >= 4 is 23.4 Å². The van der Waals surface area contributed by atoms with Crippen LogP contribution in [0.25, 0.3) is 0 Å². The molecular weight excluding hydrogens is 280 g/mol. The largest absolute Gasteiger partial charge is 0.308 e. The van der Waals surface area contributed by atoms with Crippen molar-refractivity contribution < 1.29 is 4.79 Å². The fourth-order valence-electron chi connectivity index (χ4n) is 2.75. The van der Waals surface area contributed by atoms with Gasteiger partial charge in [-0.1, -0.05) is 36.0 Å². The number of para-hydroxylation sites is 1. The highest BCUT2D eigenvalue weighted by molar-refractivity contribution is 8.00. The third kappa shape index (κ3) is 2.81. The Balaban J connectivity index is 1.79. The summed E-state index contributed by atoms with van der Waals surface area (Å²) in [5, 5.41) is 0.743. The van der Waals surface area contributed by atoms with Gasteiger partial charge in [0, 0.05) is 17.9 Å². The second-order valence-electron chi connectivity index (χ2n) is 5.32. The molecule has 0 N–H and O–H groups in total. The molecule has 1 amide bonds. The van der Waals surface area contributed by atoms with Gasteiger partial charge in [-0.15, -0.1) is 0 Å². The molecule has 0 spiro atoms. The van der Waals surface area contributed by atoms with E-state index >= 15 is 0 Å². The maximum Gasteiger partial charge on any atom is 0.240 e. The molecule has 108 valence electrons. The number of benzene rings is 1. The minimum absolute atomic E-state index is 0.145. The van der Waals surface area contributed by atoms with Crippen LogP contribution < -0.4 is 4.90 Å². The zero-order chi connectivity index (χ0) is 14.8. The molecule has 1 aliphatic heterocycles. The fourth-order valence-corrected chi connectivity index (χ4v) is 3.60. The Morgan fingerprint density at radius 3 is 2.81 bits per heavy atom. The number of rotatable bonds is 3. The van der Waals surface area contributed by atoms with E-state index in [0.717, 1.165) is 17.1 Å². The Bertz CT molecular complexity index is 644. The molecule has 0 bridgehead atoms. The van der Waals surface area contributed by atoms with E-state index in [2.05, 4.69) is 18.0 Å². The highest BCUT2D eigenvalue weighted by Gasteiger charge is 2.33. The van der Waals surface area contributed by atoms with Gasteiger partial charge in [-0.2, -0.15) is 0 Å². The number of amides is 1. The summed E-state index contributed by atoms with van der Waals surface area (Å²) in [6.45, 7) is 4.06. The smallest absolute Gasteiger partial charge is 0.240 e. The zero-order valence-corrected chi connectivity index (χ0v) is 13.0. The van der Waals surface area contributed by atoms with E-state index in [1.54, 1.807) is 6.20 Å². The van der Waals surface area contributed by atoms with Gasteiger partial charge in [0.25, 0.3) is 0 Å². The summed E-state index contributed by atoms with van der Waals surface area (Å²) in [6, 6.07) is 14.2. The van der Waals surface area contributed by atoms with Crippen molar-refractivity contribution in [3.63, 3.8) is 0 Å². The first-order chi connectivity index (χ1) is 10.2. The molecule has 0 fully saturated rings. The number of hydrogen-bond donors (Lipinski definition) is 0. The Hall–Kier alpha value is -1.81. The van der Waals surface area contributed by atoms with Gasteiger partial charge in [0.05, 0.1) is 10.3 Å². The molecule has 0 aliphatic carbocycles. The van der Waals surface area contributed by atoms with E-state index in [1.165, 1.54) is 17.3 Å². The summed E-state index contributed by atoms with van der Waals surface area (Å²) in [5.74, 6) is 0.156. The lowest BCUT2D eigenvalue weighted by Gasteiger charge is -2.25. The van der Waals surface area contributed by atoms with Crippen LogP contribution in [0, 0.1) is 0 Å². The van der Waals surface area contributed by atoms with E-state index in [1.807, 2.05) is 48.2 Å². The van der Waals surface area contributed by atoms with Crippen molar-refractivity contribution in [1.82, 2.24) is 4.98 Å². The molecule has 0 radical (unpaired) electrons. The fraction of sp³-hybridized carbons (Fsp3) is 0.294. The van der Waals surface area contributed by atoms with E-state index in [-0.39, 0.29) is 17.2 Å². The number of carbonyl (C=O) groups excluding carboxylic acids is 1. The van der Waals surface area contributed by atoms with Crippen LogP contribution in [0.15, 0.2) is 53.7 Å². The molecule has 1 aromatic carbocycles. The van der Waals surface area contributed by atoms with Crippen molar-refractivity contribution in [3.05, 3.63) is 54.2 Å². The van der Waals surface area contributed by atoms with Crippen molar-refractivity contribution in [2.75, 3.05) is 4.90 Å². The Kier molecular flexibility index (Phi) is 3.97. The second-order valence-corrected chi connectivity index (χ2v) is 6.68. The van der Waals surface area contributed by atoms with Crippen LogP contribution in [0.1, 0.15) is 19.4 Å². The monoisotopic (exact) mass is 298 g/mol. The maximum atomic E-state index is 12.8. The summed E-state index contributed by atoms with van der Waals surface area (Å²) in [5.41, 5.74) is 2.32. The summed E-state index contributed by atoms with van der Waals surface area (Å²) < 4.78 is 0. The first kappa shape index (κ1) is 14.1. The Morgan fingerprint density at radius 2 is 2.05 bits per heavy atom. The van der Waals surface area contributed by atoms with E-state index < -0.39 is 0 Å². The number of carbonyl (C=O) groups is 1. The SMILES string of the molecule is C[C@H](Sc1ccccn1)C(=O)N1c2ccccc2C[C@H]1C. The predicted octanol–water partition coefficient (Wildman–Crippen LogP) is 3.54. The maximum absolute atomic E-state index is 12.8. The molecule has 0 unspecified atom stereocenters. The summed E-state index contributed by atoms with van der Waals surface area (Å²) >= 11 is 1.51. The van der Waals surface area contributed by atoms with Gasteiger partial charge >= 0.3 is 0 Å². The summed E-state index contributed by atoms with van der Waals surface area (Å²) in [7, 11) is 0. The van der Waals surface area contributed by atoms with Gasteiger partial charge in [-0.05, 0) is 44.0 Å². The van der Waals surface area contributed by atoms with Crippen LogP contribution in [0.2, 0.25) is 0 Å². The number of anilines is 1. The number of thioether (sulfide) groups is 1. The highest BCUT2D eigenvalue weighted by atomic mass is 32.2. The average molecular weight is 298 g/mol. The standard InChI is InChI=1S/C17H18N2OS/c1-12-11-14-7-3-4-8-15(14)19(12)17(20)13(2)21-16-9-5-6-10-18-16/h3-10,12-13H,11H2,1-2H3/t12-,13+/m1/s1. The topological polar surface area (TPSA) is 33.2 Å². The highest BCUT2D eigenvalue weighted by Crippen LogP contribution is 2.34. The normalized spacial score (nSPS) is 18.4. The van der Waals surface area contributed by atoms with Crippen molar-refractivity contribution in [2.45, 2.75) is 36.6 Å². The molecule has 2 aromatic rings. The number of pyridine rings is 1. The minimum atomic E-state index is -0.145. The number of nitrogens with zero attached hydrogens (tertiary/aromatic N) is 2. The predicted molar refractivity (Wildman–Crippen MR) is 86.7 cm³/mol. The minimum Gasteiger partial charge on any atom is -0.308 e. The van der Waals surface area contributed by atoms with Crippen LogP contribution >= 0.6 is 11.8 Å². The lowest BCUT2D eigenvalue weighted by atomic mass is 10.1.